The van der Waals surface area contributed by atoms with Crippen LogP contribution in [0.25, 0.3) is 0 Å². The van der Waals surface area contributed by atoms with Gasteiger partial charge in [-0.05, 0) is 62.6 Å². The third kappa shape index (κ3) is 7.85. The first-order valence-electron chi connectivity index (χ1n) is 12.1. The minimum atomic E-state index is -3.82. The van der Waals surface area contributed by atoms with Gasteiger partial charge >= 0.3 is 0 Å². The Balaban J connectivity index is 1.93. The Morgan fingerprint density at radius 2 is 1.73 bits per heavy atom. The number of benzene rings is 2. The van der Waals surface area contributed by atoms with Crippen molar-refractivity contribution in [2.75, 3.05) is 17.1 Å². The average Bonchev–Trinajstić information content (AvgIpc) is 2.83. The summed E-state index contributed by atoms with van der Waals surface area (Å²) in [5.74, 6) is -0.845. The van der Waals surface area contributed by atoms with Gasteiger partial charge in [-0.2, -0.15) is 0 Å². The van der Waals surface area contributed by atoms with E-state index in [1.165, 1.54) is 4.90 Å². The van der Waals surface area contributed by atoms with E-state index >= 15 is 0 Å². The van der Waals surface area contributed by atoms with Gasteiger partial charge in [-0.15, -0.1) is 0 Å². The van der Waals surface area contributed by atoms with Gasteiger partial charge in [0.25, 0.3) is 0 Å². The first-order valence-corrected chi connectivity index (χ1v) is 15.5. The highest BCUT2D eigenvalue weighted by Gasteiger charge is 2.32. The molecule has 2 amide bonds. The second kappa shape index (κ2) is 12.8. The van der Waals surface area contributed by atoms with Crippen molar-refractivity contribution in [1.29, 1.82) is 0 Å². The summed E-state index contributed by atoms with van der Waals surface area (Å²) >= 11 is 16.2. The molecule has 0 spiro atoms. The maximum absolute atomic E-state index is 13.7. The Kier molecular flexibility index (Phi) is 10.3. The third-order valence-electron chi connectivity index (χ3n) is 6.62. The molecule has 1 N–H and O–H groups in total. The molecule has 1 unspecified atom stereocenters. The van der Waals surface area contributed by atoms with Crippen LogP contribution in [0.1, 0.15) is 50.2 Å². The number of nitrogens with zero attached hydrogens (tertiary/aromatic N) is 2. The summed E-state index contributed by atoms with van der Waals surface area (Å²) in [4.78, 5) is 28.3. The number of carbonyl (C=O) groups excluding carboxylic acids is 2. The first kappa shape index (κ1) is 29.7. The molecule has 2 aromatic rings. The SMILES string of the molecule is Cc1cc(N(CC(=O)N(Cc2c(Cl)cccc2Cl)C(C)C(=O)NC2CCCCC2)S(C)(=O)=O)ccc1Br. The third-order valence-corrected chi connectivity index (χ3v) is 9.36. The van der Waals surface area contributed by atoms with Gasteiger partial charge in [0.15, 0.2) is 0 Å². The van der Waals surface area contributed by atoms with E-state index in [2.05, 4.69) is 21.2 Å². The quantitative estimate of drug-likeness (QED) is 0.384. The van der Waals surface area contributed by atoms with Crippen molar-refractivity contribution in [3.63, 3.8) is 0 Å². The second-order valence-corrected chi connectivity index (χ2v) is 13.0. The van der Waals surface area contributed by atoms with Gasteiger partial charge in [-0.25, -0.2) is 8.42 Å². The molecular weight excluding hydrogens is 601 g/mol. The van der Waals surface area contributed by atoms with E-state index in [4.69, 9.17) is 23.2 Å². The van der Waals surface area contributed by atoms with E-state index in [9.17, 15) is 18.0 Å². The highest BCUT2D eigenvalue weighted by Crippen LogP contribution is 2.28. The number of rotatable bonds is 9. The fraction of sp³-hybridized carbons (Fsp3) is 0.462. The molecule has 1 aliphatic carbocycles. The standard InChI is InChI=1S/C26H32BrCl2N3O4S/c1-17-14-20(12-13-22(17)27)32(37(3,35)36)16-25(33)31(15-21-23(28)10-7-11-24(21)29)18(2)26(34)30-19-8-5-4-6-9-19/h7,10-14,18-19H,4-6,8-9,15-16H2,1-3H3,(H,30,34). The maximum Gasteiger partial charge on any atom is 0.244 e. The van der Waals surface area contributed by atoms with Crippen molar-refractivity contribution in [1.82, 2.24) is 10.2 Å². The molecule has 0 saturated heterocycles. The van der Waals surface area contributed by atoms with Crippen molar-refractivity contribution >= 4 is 66.7 Å². The minimum Gasteiger partial charge on any atom is -0.352 e. The molecule has 2 aromatic carbocycles. The molecule has 0 radical (unpaired) electrons. The van der Waals surface area contributed by atoms with Crippen LogP contribution in [-0.4, -0.2) is 50.0 Å². The van der Waals surface area contributed by atoms with E-state index in [1.807, 2.05) is 6.92 Å². The van der Waals surface area contributed by atoms with Crippen molar-refractivity contribution in [2.45, 2.75) is 64.6 Å². The molecule has 1 saturated carbocycles. The molecule has 0 aromatic heterocycles. The fourth-order valence-electron chi connectivity index (χ4n) is 4.40. The van der Waals surface area contributed by atoms with Crippen molar-refractivity contribution in [3.8, 4) is 0 Å². The molecule has 1 aliphatic rings. The molecule has 3 rings (SSSR count). The van der Waals surface area contributed by atoms with Crippen LogP contribution in [0.3, 0.4) is 0 Å². The monoisotopic (exact) mass is 631 g/mol. The van der Waals surface area contributed by atoms with Crippen LogP contribution in [-0.2, 0) is 26.2 Å². The van der Waals surface area contributed by atoms with Crippen LogP contribution in [0.4, 0.5) is 5.69 Å². The first-order chi connectivity index (χ1) is 17.4. The van der Waals surface area contributed by atoms with E-state index in [0.717, 1.165) is 52.7 Å². The minimum absolute atomic E-state index is 0.0481. The summed E-state index contributed by atoms with van der Waals surface area (Å²) in [6.07, 6.45) is 6.09. The molecular formula is C26H32BrCl2N3O4S. The number of anilines is 1. The summed E-state index contributed by atoms with van der Waals surface area (Å²) < 4.78 is 27.3. The Hall–Kier alpha value is -1.81. The Labute approximate surface area is 237 Å². The highest BCUT2D eigenvalue weighted by atomic mass is 79.9. The molecule has 37 heavy (non-hydrogen) atoms. The maximum atomic E-state index is 13.7. The van der Waals surface area contributed by atoms with Crippen molar-refractivity contribution < 1.29 is 18.0 Å². The summed E-state index contributed by atoms with van der Waals surface area (Å²) in [7, 11) is -3.82. The second-order valence-electron chi connectivity index (χ2n) is 9.44. The lowest BCUT2D eigenvalue weighted by atomic mass is 9.95. The number of nitrogens with one attached hydrogen (secondary N) is 1. The molecule has 0 heterocycles. The number of sulfonamides is 1. The molecule has 0 aliphatic heterocycles. The van der Waals surface area contributed by atoms with Crippen LogP contribution in [0.5, 0.6) is 0 Å². The van der Waals surface area contributed by atoms with Crippen LogP contribution < -0.4 is 9.62 Å². The summed E-state index contributed by atoms with van der Waals surface area (Å²) in [6.45, 7) is 2.94. The van der Waals surface area contributed by atoms with E-state index in [1.54, 1.807) is 43.3 Å². The number of carbonyl (C=O) groups is 2. The molecule has 11 heteroatoms. The lowest BCUT2D eigenvalue weighted by Gasteiger charge is -2.33. The number of aryl methyl sites for hydroxylation is 1. The summed E-state index contributed by atoms with van der Waals surface area (Å²) in [5.41, 5.74) is 1.66. The topological polar surface area (TPSA) is 86.8 Å². The van der Waals surface area contributed by atoms with Gasteiger partial charge in [0.1, 0.15) is 12.6 Å². The van der Waals surface area contributed by atoms with Gasteiger partial charge in [0.05, 0.1) is 11.9 Å². The van der Waals surface area contributed by atoms with E-state index in [-0.39, 0.29) is 18.5 Å². The molecule has 0 bridgehead atoms. The van der Waals surface area contributed by atoms with E-state index < -0.39 is 28.5 Å². The van der Waals surface area contributed by atoms with Gasteiger partial charge in [0.2, 0.25) is 21.8 Å². The van der Waals surface area contributed by atoms with Gasteiger partial charge in [0, 0.05) is 32.7 Å². The van der Waals surface area contributed by atoms with Gasteiger partial charge in [-0.3, -0.25) is 13.9 Å². The summed E-state index contributed by atoms with van der Waals surface area (Å²) in [5, 5.41) is 3.77. The number of amides is 2. The van der Waals surface area contributed by atoms with Crippen LogP contribution in [0.2, 0.25) is 10.0 Å². The molecule has 7 nitrogen and oxygen atoms in total. The largest absolute Gasteiger partial charge is 0.352 e. The fourth-order valence-corrected chi connectivity index (χ4v) is 6.01. The number of halogens is 3. The van der Waals surface area contributed by atoms with Gasteiger partial charge in [-0.1, -0.05) is 64.5 Å². The Morgan fingerprint density at radius 1 is 1.11 bits per heavy atom. The summed E-state index contributed by atoms with van der Waals surface area (Å²) in [6, 6.07) is 9.23. The van der Waals surface area contributed by atoms with Crippen LogP contribution in [0, 0.1) is 6.92 Å². The zero-order valence-electron chi connectivity index (χ0n) is 21.1. The number of hydrogen-bond donors (Lipinski definition) is 1. The van der Waals surface area contributed by atoms with E-state index in [0.29, 0.717) is 21.3 Å². The zero-order valence-corrected chi connectivity index (χ0v) is 25.1. The average molecular weight is 633 g/mol. The van der Waals surface area contributed by atoms with Crippen LogP contribution in [0.15, 0.2) is 40.9 Å². The predicted octanol–water partition coefficient (Wildman–Crippen LogP) is 5.70. The van der Waals surface area contributed by atoms with Crippen molar-refractivity contribution in [2.24, 2.45) is 0 Å². The Morgan fingerprint density at radius 3 is 2.30 bits per heavy atom. The van der Waals surface area contributed by atoms with Gasteiger partial charge < -0.3 is 10.2 Å². The molecule has 202 valence electrons. The van der Waals surface area contributed by atoms with Crippen LogP contribution >= 0.6 is 39.1 Å². The lowest BCUT2D eigenvalue weighted by molar-refractivity contribution is -0.139. The highest BCUT2D eigenvalue weighted by molar-refractivity contribution is 9.10. The smallest absolute Gasteiger partial charge is 0.244 e. The molecule has 1 fully saturated rings. The van der Waals surface area contributed by atoms with Crippen molar-refractivity contribution in [3.05, 3.63) is 62.0 Å². The molecule has 1 atom stereocenters. The lowest BCUT2D eigenvalue weighted by Crippen LogP contribution is -2.53. The normalized spacial score (nSPS) is 15.2. The predicted molar refractivity (Wildman–Crippen MR) is 153 cm³/mol. The number of hydrogen-bond acceptors (Lipinski definition) is 4. The Bertz CT molecular complexity index is 1230. The zero-order chi connectivity index (χ0) is 27.3.